The number of amides is 1. The monoisotopic (exact) mass is 330 g/mol. The lowest BCUT2D eigenvalue weighted by atomic mass is 10.2. The fourth-order valence-electron chi connectivity index (χ4n) is 2.00. The van der Waals surface area contributed by atoms with Gasteiger partial charge in [-0.3, -0.25) is 14.9 Å². The predicted octanol–water partition coefficient (Wildman–Crippen LogP) is 4.17. The van der Waals surface area contributed by atoms with E-state index in [-0.39, 0.29) is 11.6 Å². The van der Waals surface area contributed by atoms with Gasteiger partial charge in [0.2, 0.25) is 5.91 Å². The third kappa shape index (κ3) is 5.41. The molecule has 2 rings (SSSR count). The van der Waals surface area contributed by atoms with E-state index in [4.69, 9.17) is 0 Å². The van der Waals surface area contributed by atoms with Crippen molar-refractivity contribution >= 4 is 29.0 Å². The highest BCUT2D eigenvalue weighted by Crippen LogP contribution is 2.22. The van der Waals surface area contributed by atoms with Crippen LogP contribution in [0.3, 0.4) is 0 Å². The quantitative estimate of drug-likeness (QED) is 0.470. The molecular formula is C17H18N2O3S. The maximum Gasteiger partial charge on any atom is 0.271 e. The van der Waals surface area contributed by atoms with Crippen molar-refractivity contribution in [3.05, 3.63) is 69.8 Å². The molecule has 0 radical (unpaired) electrons. The van der Waals surface area contributed by atoms with E-state index in [2.05, 4.69) is 17.4 Å². The number of thioether (sulfide) groups is 1. The van der Waals surface area contributed by atoms with Crippen molar-refractivity contribution in [1.82, 2.24) is 0 Å². The average Bonchev–Trinajstić information content (AvgIpc) is 2.54. The van der Waals surface area contributed by atoms with Crippen LogP contribution in [0, 0.1) is 17.0 Å². The number of hydrogen-bond donors (Lipinski definition) is 1. The molecule has 0 unspecified atom stereocenters. The Morgan fingerprint density at radius 2 is 1.96 bits per heavy atom. The number of anilines is 1. The summed E-state index contributed by atoms with van der Waals surface area (Å²) in [6, 6.07) is 14.5. The molecule has 0 aliphatic rings. The minimum Gasteiger partial charge on any atom is -0.326 e. The first kappa shape index (κ1) is 17.0. The first-order valence-corrected chi connectivity index (χ1v) is 8.38. The standard InChI is InChI=1S/C17H18N2O3S/c1-13-7-8-15(19(21)22)11-16(13)18-17(20)9-10-23-12-14-5-3-2-4-6-14/h2-8,11H,9-10,12H2,1H3,(H,18,20). The van der Waals surface area contributed by atoms with Gasteiger partial charge in [0, 0.05) is 30.1 Å². The number of carbonyl (C=O) groups is 1. The van der Waals surface area contributed by atoms with Gasteiger partial charge in [0.15, 0.2) is 0 Å². The molecule has 2 aromatic rings. The second-order valence-corrected chi connectivity index (χ2v) is 6.20. The van der Waals surface area contributed by atoms with Gasteiger partial charge in [-0.1, -0.05) is 36.4 Å². The van der Waals surface area contributed by atoms with Gasteiger partial charge in [0.1, 0.15) is 0 Å². The van der Waals surface area contributed by atoms with Crippen molar-refractivity contribution in [2.24, 2.45) is 0 Å². The van der Waals surface area contributed by atoms with E-state index in [1.165, 1.54) is 17.7 Å². The summed E-state index contributed by atoms with van der Waals surface area (Å²) >= 11 is 1.69. The van der Waals surface area contributed by atoms with Crippen LogP contribution in [0.1, 0.15) is 17.5 Å². The zero-order chi connectivity index (χ0) is 16.7. The molecule has 0 saturated heterocycles. The van der Waals surface area contributed by atoms with Crippen LogP contribution in [0.2, 0.25) is 0 Å². The van der Waals surface area contributed by atoms with Crippen LogP contribution < -0.4 is 5.32 Å². The molecule has 0 fully saturated rings. The number of nitrogens with one attached hydrogen (secondary N) is 1. The van der Waals surface area contributed by atoms with Crippen LogP contribution in [0.4, 0.5) is 11.4 Å². The maximum atomic E-state index is 12.0. The molecule has 23 heavy (non-hydrogen) atoms. The number of benzene rings is 2. The molecule has 0 spiro atoms. The van der Waals surface area contributed by atoms with Crippen LogP contribution in [-0.4, -0.2) is 16.6 Å². The molecule has 0 aromatic heterocycles. The normalized spacial score (nSPS) is 10.3. The van der Waals surface area contributed by atoms with Crippen molar-refractivity contribution in [2.75, 3.05) is 11.1 Å². The molecule has 120 valence electrons. The van der Waals surface area contributed by atoms with Gasteiger partial charge in [0.05, 0.1) is 10.6 Å². The number of non-ortho nitro benzene ring substituents is 1. The fraction of sp³-hybridized carbons (Fsp3) is 0.235. The molecule has 5 nitrogen and oxygen atoms in total. The van der Waals surface area contributed by atoms with Gasteiger partial charge < -0.3 is 5.32 Å². The van der Waals surface area contributed by atoms with E-state index in [1.807, 2.05) is 25.1 Å². The van der Waals surface area contributed by atoms with Crippen molar-refractivity contribution in [3.8, 4) is 0 Å². The summed E-state index contributed by atoms with van der Waals surface area (Å²) in [7, 11) is 0. The van der Waals surface area contributed by atoms with Gasteiger partial charge in [-0.15, -0.1) is 0 Å². The maximum absolute atomic E-state index is 12.0. The van der Waals surface area contributed by atoms with Gasteiger partial charge in [-0.25, -0.2) is 0 Å². The summed E-state index contributed by atoms with van der Waals surface area (Å²) in [5.41, 5.74) is 2.51. The Kier molecular flexibility index (Phi) is 6.17. The summed E-state index contributed by atoms with van der Waals surface area (Å²) in [5.74, 6) is 1.44. The number of nitro benzene ring substituents is 1. The molecule has 0 heterocycles. The van der Waals surface area contributed by atoms with Crippen LogP contribution in [0.15, 0.2) is 48.5 Å². The van der Waals surface area contributed by atoms with Gasteiger partial charge >= 0.3 is 0 Å². The molecule has 2 aromatic carbocycles. The van der Waals surface area contributed by atoms with Gasteiger partial charge in [-0.05, 0) is 18.1 Å². The van der Waals surface area contributed by atoms with Crippen molar-refractivity contribution in [1.29, 1.82) is 0 Å². The largest absolute Gasteiger partial charge is 0.326 e. The zero-order valence-electron chi connectivity index (χ0n) is 12.8. The van der Waals surface area contributed by atoms with Crippen LogP contribution in [0.25, 0.3) is 0 Å². The molecule has 0 atom stereocenters. The van der Waals surface area contributed by atoms with Gasteiger partial charge in [0.25, 0.3) is 5.69 Å². The first-order chi connectivity index (χ1) is 11.1. The summed E-state index contributed by atoms with van der Waals surface area (Å²) in [6.07, 6.45) is 0.375. The van der Waals surface area contributed by atoms with Crippen LogP contribution >= 0.6 is 11.8 Å². The number of rotatable bonds is 7. The van der Waals surface area contributed by atoms with E-state index in [0.717, 1.165) is 11.3 Å². The topological polar surface area (TPSA) is 72.2 Å². The first-order valence-electron chi connectivity index (χ1n) is 7.23. The Bertz CT molecular complexity index is 689. The lowest BCUT2D eigenvalue weighted by Gasteiger charge is -2.08. The minimum atomic E-state index is -0.467. The third-order valence-electron chi connectivity index (χ3n) is 3.29. The molecule has 0 bridgehead atoms. The second-order valence-electron chi connectivity index (χ2n) is 5.09. The Morgan fingerprint density at radius 1 is 1.22 bits per heavy atom. The number of hydrogen-bond acceptors (Lipinski definition) is 4. The number of nitro groups is 1. The number of nitrogens with zero attached hydrogens (tertiary/aromatic N) is 1. The summed E-state index contributed by atoms with van der Waals surface area (Å²) < 4.78 is 0. The fourth-order valence-corrected chi connectivity index (χ4v) is 2.90. The Labute approximate surface area is 139 Å². The summed E-state index contributed by atoms with van der Waals surface area (Å²) in [5, 5.41) is 13.5. The SMILES string of the molecule is Cc1ccc([N+](=O)[O-])cc1NC(=O)CCSCc1ccccc1. The molecule has 0 saturated carbocycles. The highest BCUT2D eigenvalue weighted by molar-refractivity contribution is 7.98. The van der Waals surface area contributed by atoms with Crippen LogP contribution in [0.5, 0.6) is 0 Å². The lowest BCUT2D eigenvalue weighted by Crippen LogP contribution is -2.13. The number of aryl methyl sites for hydroxylation is 1. The number of carbonyl (C=O) groups excluding carboxylic acids is 1. The highest BCUT2D eigenvalue weighted by atomic mass is 32.2. The Balaban J connectivity index is 1.81. The van der Waals surface area contributed by atoms with E-state index >= 15 is 0 Å². The Morgan fingerprint density at radius 3 is 2.65 bits per heavy atom. The predicted molar refractivity (Wildman–Crippen MR) is 93.7 cm³/mol. The van der Waals surface area contributed by atoms with Gasteiger partial charge in [-0.2, -0.15) is 11.8 Å². The van der Waals surface area contributed by atoms with Crippen molar-refractivity contribution in [3.63, 3.8) is 0 Å². The summed E-state index contributed by atoms with van der Waals surface area (Å²) in [4.78, 5) is 22.3. The molecular weight excluding hydrogens is 312 g/mol. The molecule has 0 aliphatic carbocycles. The van der Waals surface area contributed by atoms with Crippen LogP contribution in [-0.2, 0) is 10.5 Å². The van der Waals surface area contributed by atoms with Crippen molar-refractivity contribution in [2.45, 2.75) is 19.1 Å². The van der Waals surface area contributed by atoms with Crippen molar-refractivity contribution < 1.29 is 9.72 Å². The van der Waals surface area contributed by atoms with E-state index in [0.29, 0.717) is 17.9 Å². The highest BCUT2D eigenvalue weighted by Gasteiger charge is 2.11. The zero-order valence-corrected chi connectivity index (χ0v) is 13.6. The van der Waals surface area contributed by atoms with E-state index in [9.17, 15) is 14.9 Å². The Hall–Kier alpha value is -2.34. The summed E-state index contributed by atoms with van der Waals surface area (Å²) in [6.45, 7) is 1.81. The molecule has 1 amide bonds. The van der Waals surface area contributed by atoms with E-state index in [1.54, 1.807) is 17.8 Å². The minimum absolute atomic E-state index is 0.0237. The smallest absolute Gasteiger partial charge is 0.271 e. The van der Waals surface area contributed by atoms with E-state index < -0.39 is 4.92 Å². The molecule has 0 aliphatic heterocycles. The second kappa shape index (κ2) is 8.33. The molecule has 6 heteroatoms. The lowest BCUT2D eigenvalue weighted by molar-refractivity contribution is -0.384. The third-order valence-corrected chi connectivity index (χ3v) is 4.32. The molecule has 1 N–H and O–H groups in total. The average molecular weight is 330 g/mol.